The summed E-state index contributed by atoms with van der Waals surface area (Å²) in [7, 11) is 0. The summed E-state index contributed by atoms with van der Waals surface area (Å²) in [6, 6.07) is 7.31. The highest BCUT2D eigenvalue weighted by atomic mass is 35.5. The zero-order chi connectivity index (χ0) is 16.5. The summed E-state index contributed by atoms with van der Waals surface area (Å²) in [4.78, 5) is 16.7. The van der Waals surface area contributed by atoms with Gasteiger partial charge in [-0.05, 0) is 12.1 Å². The number of anilines is 1. The maximum atomic E-state index is 12.5. The highest BCUT2D eigenvalue weighted by Crippen LogP contribution is 2.21. The van der Waals surface area contributed by atoms with Crippen LogP contribution in [0.5, 0.6) is 0 Å². The van der Waals surface area contributed by atoms with Gasteiger partial charge in [-0.3, -0.25) is 9.89 Å². The second-order valence-electron chi connectivity index (χ2n) is 5.63. The van der Waals surface area contributed by atoms with Gasteiger partial charge in [0.1, 0.15) is 0 Å². The number of nitrogens with zero attached hydrogens (tertiary/aromatic N) is 3. The Bertz CT molecular complexity index is 904. The van der Waals surface area contributed by atoms with Gasteiger partial charge in [-0.25, -0.2) is 0 Å². The van der Waals surface area contributed by atoms with E-state index in [1.54, 1.807) is 13.0 Å². The lowest BCUT2D eigenvalue weighted by Gasteiger charge is -2.13. The molecule has 1 aromatic carbocycles. The van der Waals surface area contributed by atoms with Crippen LogP contribution in [-0.2, 0) is 13.0 Å². The van der Waals surface area contributed by atoms with E-state index in [9.17, 15) is 4.79 Å². The summed E-state index contributed by atoms with van der Waals surface area (Å²) in [5.41, 5.74) is 3.81. The van der Waals surface area contributed by atoms with Gasteiger partial charge in [0.25, 0.3) is 5.91 Å². The summed E-state index contributed by atoms with van der Waals surface area (Å²) in [6.45, 7) is 3.27. The smallest absolute Gasteiger partial charge is 0.276 e. The Kier molecular flexibility index (Phi) is 4.82. The Hall–Kier alpha value is -2.71. The normalized spacial score (nSPS) is 13.0. The number of aromatic nitrogens is 4. The second kappa shape index (κ2) is 7.04. The molecule has 0 radical (unpaired) electrons. The molecule has 1 amide bonds. The number of aryl methyl sites for hydroxylation is 1. The summed E-state index contributed by atoms with van der Waals surface area (Å²) in [5.74, 6) is 0.748. The highest BCUT2D eigenvalue weighted by Gasteiger charge is 2.21. The quantitative estimate of drug-likeness (QED) is 0.660. The number of rotatable bonds is 3. The molecule has 1 aliphatic heterocycles. The zero-order valence-corrected chi connectivity index (χ0v) is 14.3. The predicted octanol–water partition coefficient (Wildman–Crippen LogP) is 2.09. The molecule has 1 aliphatic rings. The lowest BCUT2D eigenvalue weighted by Crippen LogP contribution is -2.25. The van der Waals surface area contributed by atoms with Crippen molar-refractivity contribution in [2.45, 2.75) is 19.9 Å². The third-order valence-corrected chi connectivity index (χ3v) is 3.93. The zero-order valence-electron chi connectivity index (χ0n) is 13.5. The molecule has 3 N–H and O–H groups in total. The number of aromatic amines is 1. The lowest BCUT2D eigenvalue weighted by molar-refractivity contribution is 0.102. The number of hydrogen-bond acceptors (Lipinski definition) is 6. The van der Waals surface area contributed by atoms with Gasteiger partial charge in [0.05, 0.1) is 0 Å². The summed E-state index contributed by atoms with van der Waals surface area (Å²) >= 11 is 0. The van der Waals surface area contributed by atoms with Crippen LogP contribution in [0.2, 0.25) is 0 Å². The van der Waals surface area contributed by atoms with Crippen molar-refractivity contribution in [1.82, 2.24) is 25.7 Å². The Labute approximate surface area is 149 Å². The Balaban J connectivity index is 0.00000182. The molecule has 4 rings (SSSR count). The van der Waals surface area contributed by atoms with Crippen molar-refractivity contribution in [3.05, 3.63) is 47.1 Å². The first kappa shape index (κ1) is 17.1. The molecule has 0 unspecified atom stereocenters. The van der Waals surface area contributed by atoms with E-state index in [1.807, 2.05) is 18.2 Å². The number of nitrogens with one attached hydrogen (secondary N) is 3. The fourth-order valence-corrected chi connectivity index (χ4v) is 2.76. The number of carbonyl (C=O) groups excluding carboxylic acids is 1. The largest absolute Gasteiger partial charge is 0.339 e. The van der Waals surface area contributed by atoms with Crippen LogP contribution < -0.4 is 10.6 Å². The van der Waals surface area contributed by atoms with Crippen LogP contribution in [0, 0.1) is 6.92 Å². The molecular weight excluding hydrogens is 344 g/mol. The lowest BCUT2D eigenvalue weighted by atomic mass is 10.1. The van der Waals surface area contributed by atoms with E-state index >= 15 is 0 Å². The van der Waals surface area contributed by atoms with Crippen LogP contribution in [0.4, 0.5) is 5.69 Å². The van der Waals surface area contributed by atoms with Gasteiger partial charge >= 0.3 is 0 Å². The first-order chi connectivity index (χ1) is 11.7. The second-order valence-corrected chi connectivity index (χ2v) is 5.63. The predicted molar refractivity (Wildman–Crippen MR) is 93.7 cm³/mol. The molecule has 9 heteroatoms. The van der Waals surface area contributed by atoms with Gasteiger partial charge < -0.3 is 15.2 Å². The van der Waals surface area contributed by atoms with E-state index in [0.29, 0.717) is 29.6 Å². The molecule has 25 heavy (non-hydrogen) atoms. The molecule has 0 spiro atoms. The van der Waals surface area contributed by atoms with Gasteiger partial charge in [0.15, 0.2) is 5.69 Å². The Morgan fingerprint density at radius 2 is 2.24 bits per heavy atom. The topological polar surface area (TPSA) is 109 Å². The summed E-state index contributed by atoms with van der Waals surface area (Å²) in [5, 5.41) is 17.1. The van der Waals surface area contributed by atoms with Gasteiger partial charge in [0.2, 0.25) is 11.7 Å². The average molecular weight is 361 g/mol. The van der Waals surface area contributed by atoms with Crippen LogP contribution in [-0.4, -0.2) is 32.8 Å². The van der Waals surface area contributed by atoms with Crippen LogP contribution in [0.1, 0.15) is 27.6 Å². The van der Waals surface area contributed by atoms with Crippen molar-refractivity contribution in [2.75, 3.05) is 11.9 Å². The van der Waals surface area contributed by atoms with Crippen molar-refractivity contribution in [3.63, 3.8) is 0 Å². The van der Waals surface area contributed by atoms with E-state index in [0.717, 1.165) is 29.8 Å². The Morgan fingerprint density at radius 3 is 3.04 bits per heavy atom. The first-order valence-corrected chi connectivity index (χ1v) is 7.69. The molecule has 0 aliphatic carbocycles. The Morgan fingerprint density at radius 1 is 1.36 bits per heavy atom. The third-order valence-electron chi connectivity index (χ3n) is 3.93. The van der Waals surface area contributed by atoms with Crippen molar-refractivity contribution < 1.29 is 9.32 Å². The molecule has 8 nitrogen and oxygen atoms in total. The van der Waals surface area contributed by atoms with Crippen molar-refractivity contribution >= 4 is 24.0 Å². The molecule has 2 aromatic heterocycles. The maximum Gasteiger partial charge on any atom is 0.276 e. The SMILES string of the molecule is Cc1nc(-c2cccc(NC(=O)c3n[nH]c4c3CNCC4)c2)no1.Cl. The van der Waals surface area contributed by atoms with Crippen molar-refractivity contribution in [1.29, 1.82) is 0 Å². The molecule has 0 saturated heterocycles. The number of benzene rings is 1. The van der Waals surface area contributed by atoms with Crippen LogP contribution in [0.15, 0.2) is 28.8 Å². The third kappa shape index (κ3) is 3.40. The molecule has 0 atom stereocenters. The van der Waals surface area contributed by atoms with Crippen molar-refractivity contribution in [2.24, 2.45) is 0 Å². The van der Waals surface area contributed by atoms with E-state index in [1.165, 1.54) is 0 Å². The molecule has 0 fully saturated rings. The highest BCUT2D eigenvalue weighted by molar-refractivity contribution is 6.04. The minimum absolute atomic E-state index is 0. The summed E-state index contributed by atoms with van der Waals surface area (Å²) < 4.78 is 4.99. The number of halogens is 1. The van der Waals surface area contributed by atoms with Crippen LogP contribution >= 0.6 is 12.4 Å². The first-order valence-electron chi connectivity index (χ1n) is 7.69. The number of hydrogen-bond donors (Lipinski definition) is 3. The van der Waals surface area contributed by atoms with Crippen LogP contribution in [0.25, 0.3) is 11.4 Å². The molecule has 0 saturated carbocycles. The van der Waals surface area contributed by atoms with Gasteiger partial charge in [0, 0.05) is 48.9 Å². The molecule has 3 aromatic rings. The fourth-order valence-electron chi connectivity index (χ4n) is 2.76. The number of fused-ring (bicyclic) bond motifs is 1. The van der Waals surface area contributed by atoms with Gasteiger partial charge in [-0.15, -0.1) is 12.4 Å². The number of amides is 1. The fraction of sp³-hybridized carbons (Fsp3) is 0.250. The van der Waals surface area contributed by atoms with E-state index < -0.39 is 0 Å². The minimum atomic E-state index is -0.238. The molecular formula is C16H17ClN6O2. The summed E-state index contributed by atoms with van der Waals surface area (Å²) in [6.07, 6.45) is 0.849. The maximum absolute atomic E-state index is 12.5. The van der Waals surface area contributed by atoms with Crippen molar-refractivity contribution in [3.8, 4) is 11.4 Å². The van der Waals surface area contributed by atoms with Gasteiger partial charge in [-0.2, -0.15) is 10.1 Å². The monoisotopic (exact) mass is 360 g/mol. The van der Waals surface area contributed by atoms with Gasteiger partial charge in [-0.1, -0.05) is 17.3 Å². The molecule has 3 heterocycles. The number of H-pyrrole nitrogens is 1. The van der Waals surface area contributed by atoms with E-state index in [2.05, 4.69) is 31.0 Å². The molecule has 0 bridgehead atoms. The average Bonchev–Trinajstić information content (AvgIpc) is 3.21. The van der Waals surface area contributed by atoms with E-state index in [-0.39, 0.29) is 18.3 Å². The standard InChI is InChI=1S/C16H16N6O2.ClH/c1-9-18-15(22-24-9)10-3-2-4-11(7-10)19-16(23)14-12-8-17-6-5-13(12)20-21-14;/h2-4,7,17H,5-6,8H2,1H3,(H,19,23)(H,20,21);1H. The molecule has 130 valence electrons. The van der Waals surface area contributed by atoms with Crippen LogP contribution in [0.3, 0.4) is 0 Å². The van der Waals surface area contributed by atoms with E-state index in [4.69, 9.17) is 4.52 Å². The number of carbonyl (C=O) groups is 1. The minimum Gasteiger partial charge on any atom is -0.339 e.